The molecule has 0 spiro atoms. The van der Waals surface area contributed by atoms with E-state index >= 15 is 0 Å². The Balaban J connectivity index is 2.72. The molecule has 0 aliphatic heterocycles. The Hall–Kier alpha value is -0.895. The Morgan fingerprint density at radius 2 is 1.81 bits per heavy atom. The van der Waals surface area contributed by atoms with Crippen molar-refractivity contribution in [2.75, 3.05) is 0 Å². The van der Waals surface area contributed by atoms with Crippen LogP contribution >= 0.6 is 11.3 Å². The van der Waals surface area contributed by atoms with Crippen molar-refractivity contribution < 1.29 is 9.59 Å². The fourth-order valence-electron chi connectivity index (χ4n) is 1.67. The summed E-state index contributed by atoms with van der Waals surface area (Å²) in [6.45, 7) is 2.16. The maximum atomic E-state index is 10.9. The lowest BCUT2D eigenvalue weighted by molar-refractivity contribution is 0.109. The Kier molecular flexibility index (Phi) is 5.46. The molecule has 0 saturated carbocycles. The van der Waals surface area contributed by atoms with Crippen molar-refractivity contribution in [3.8, 4) is 0 Å². The average molecular weight is 234 g/mol. The van der Waals surface area contributed by atoms with Gasteiger partial charge in [-0.2, -0.15) is 11.3 Å². The van der Waals surface area contributed by atoms with E-state index in [0.717, 1.165) is 30.4 Å². The first-order chi connectivity index (χ1) is 7.74. The zero-order chi connectivity index (χ0) is 12.0. The van der Waals surface area contributed by atoms with Crippen LogP contribution in [-0.4, -0.2) is 20.4 Å². The second-order valence-corrected chi connectivity index (χ2v) is 4.90. The molecule has 0 fully saturated rings. The summed E-state index contributed by atoms with van der Waals surface area (Å²) in [5.74, 6) is 0. The van der Waals surface area contributed by atoms with E-state index in [0.29, 0.717) is 22.2 Å². The lowest BCUT2D eigenvalue weighted by Crippen LogP contribution is -2.03. The molecule has 4 heteroatoms. The minimum absolute atomic E-state index is 0.366. The monoisotopic (exact) mass is 234 g/mol. The van der Waals surface area contributed by atoms with E-state index < -0.39 is 0 Å². The van der Waals surface area contributed by atoms with Crippen LogP contribution < -0.4 is 4.78 Å². The Morgan fingerprint density at radius 3 is 2.38 bits per heavy atom. The number of hydrogen-bond acceptors (Lipinski definition) is 3. The number of hydrogen-bond donors (Lipinski definition) is 0. The van der Waals surface area contributed by atoms with Gasteiger partial charge in [0.2, 0.25) is 0 Å². The highest BCUT2D eigenvalue weighted by Crippen LogP contribution is 2.19. The number of unbranched alkanes of at least 4 members (excludes halogenated alkanes) is 3. The molecule has 0 amide bonds. The first-order valence-corrected chi connectivity index (χ1v) is 6.37. The number of carbonyl (C=O) groups is 2. The van der Waals surface area contributed by atoms with E-state index in [2.05, 4.69) is 6.92 Å². The molecule has 0 saturated heterocycles. The zero-order valence-electron chi connectivity index (χ0n) is 9.49. The van der Waals surface area contributed by atoms with Crippen molar-refractivity contribution in [3.05, 3.63) is 16.0 Å². The van der Waals surface area contributed by atoms with Gasteiger partial charge in [0.25, 0.3) is 0 Å². The third-order valence-corrected chi connectivity index (χ3v) is 3.69. The van der Waals surface area contributed by atoms with Crippen LogP contribution in [0.5, 0.6) is 0 Å². The molecule has 1 aromatic rings. The largest absolute Gasteiger partial charge is 0.298 e. The fourth-order valence-corrected chi connectivity index (χ4v) is 2.72. The van der Waals surface area contributed by atoms with Crippen molar-refractivity contribution in [3.63, 3.8) is 0 Å². The van der Waals surface area contributed by atoms with Crippen molar-refractivity contribution in [2.24, 2.45) is 0 Å². The molecule has 0 aromatic carbocycles. The molecule has 0 N–H and O–H groups in total. The van der Waals surface area contributed by atoms with Gasteiger partial charge in [-0.1, -0.05) is 26.2 Å². The summed E-state index contributed by atoms with van der Waals surface area (Å²) in [6, 6.07) is 0. The first-order valence-electron chi connectivity index (χ1n) is 5.56. The number of aryl methyl sites for hydroxylation is 1. The van der Waals surface area contributed by atoms with Gasteiger partial charge >= 0.3 is 0 Å². The molecule has 2 radical (unpaired) electrons. The van der Waals surface area contributed by atoms with Crippen molar-refractivity contribution in [1.82, 2.24) is 0 Å². The van der Waals surface area contributed by atoms with Gasteiger partial charge in [-0.25, -0.2) is 0 Å². The van der Waals surface area contributed by atoms with Crippen LogP contribution in [0.3, 0.4) is 0 Å². The topological polar surface area (TPSA) is 34.1 Å². The highest BCUT2D eigenvalue weighted by atomic mass is 32.1. The van der Waals surface area contributed by atoms with Crippen molar-refractivity contribution in [2.45, 2.75) is 39.0 Å². The maximum Gasteiger partial charge on any atom is 0.151 e. The van der Waals surface area contributed by atoms with Gasteiger partial charge in [-0.3, -0.25) is 9.59 Å². The van der Waals surface area contributed by atoms with Crippen LogP contribution in [0.4, 0.5) is 0 Å². The summed E-state index contributed by atoms with van der Waals surface area (Å²) < 4.78 is 0.461. The second-order valence-electron chi connectivity index (χ2n) is 3.76. The van der Waals surface area contributed by atoms with Crippen LogP contribution in [0.25, 0.3) is 0 Å². The minimum atomic E-state index is 0.366. The average Bonchev–Trinajstić information content (AvgIpc) is 2.60. The fraction of sp³-hybridized carbons (Fsp3) is 0.500. The highest BCUT2D eigenvalue weighted by molar-refractivity contribution is 7.20. The molecule has 1 aromatic heterocycles. The van der Waals surface area contributed by atoms with Gasteiger partial charge in [0.15, 0.2) is 12.6 Å². The first kappa shape index (κ1) is 13.2. The standard InChI is InChI=1S/C12H15BO2S/c1-2-3-4-5-6-11-9(7-14)10(8-15)12(13)16-11/h7-8H,2-6H2,1H3. The Labute approximate surface area is 101 Å². The van der Waals surface area contributed by atoms with Crippen LogP contribution in [0.1, 0.15) is 58.2 Å². The molecular weight excluding hydrogens is 219 g/mol. The summed E-state index contributed by atoms with van der Waals surface area (Å²) in [5, 5.41) is 0. The third kappa shape index (κ3) is 3.05. The molecule has 1 heterocycles. The molecule has 0 unspecified atom stereocenters. The molecule has 16 heavy (non-hydrogen) atoms. The van der Waals surface area contributed by atoms with Gasteiger partial charge in [-0.15, -0.1) is 0 Å². The molecule has 84 valence electrons. The van der Waals surface area contributed by atoms with Crippen LogP contribution in [0.2, 0.25) is 0 Å². The van der Waals surface area contributed by atoms with Crippen molar-refractivity contribution >= 4 is 36.5 Å². The SMILES string of the molecule is [B]c1sc(CCCCCC)c(C=O)c1C=O. The molecule has 0 bridgehead atoms. The zero-order valence-corrected chi connectivity index (χ0v) is 10.3. The van der Waals surface area contributed by atoms with E-state index in [1.54, 1.807) is 0 Å². The Morgan fingerprint density at radius 1 is 1.12 bits per heavy atom. The van der Waals surface area contributed by atoms with Crippen molar-refractivity contribution in [1.29, 1.82) is 0 Å². The lowest BCUT2D eigenvalue weighted by atomic mass is 9.99. The molecule has 0 aliphatic rings. The Bertz CT molecular complexity index is 371. The predicted octanol–water partition coefficient (Wildman–Crippen LogP) is 2.29. The second kappa shape index (κ2) is 6.64. The van der Waals surface area contributed by atoms with E-state index in [9.17, 15) is 9.59 Å². The number of carbonyl (C=O) groups excluding carboxylic acids is 2. The normalized spacial score (nSPS) is 10.3. The quantitative estimate of drug-likeness (QED) is 0.412. The van der Waals surface area contributed by atoms with E-state index in [1.165, 1.54) is 24.2 Å². The number of aldehydes is 2. The summed E-state index contributed by atoms with van der Waals surface area (Å²) in [5.41, 5.74) is 0.861. The van der Waals surface area contributed by atoms with Gasteiger partial charge in [0.1, 0.15) is 7.85 Å². The molecule has 0 atom stereocenters. The maximum absolute atomic E-state index is 10.9. The summed E-state index contributed by atoms with van der Waals surface area (Å²) in [4.78, 5) is 22.6. The summed E-state index contributed by atoms with van der Waals surface area (Å²) in [7, 11) is 5.69. The molecule has 0 aliphatic carbocycles. The molecule has 2 nitrogen and oxygen atoms in total. The van der Waals surface area contributed by atoms with Gasteiger partial charge in [0.05, 0.1) is 0 Å². The van der Waals surface area contributed by atoms with Gasteiger partial charge in [-0.05, 0) is 17.6 Å². The van der Waals surface area contributed by atoms with E-state index in [1.807, 2.05) is 0 Å². The number of thiophene rings is 1. The lowest BCUT2D eigenvalue weighted by Gasteiger charge is -1.99. The minimum Gasteiger partial charge on any atom is -0.298 e. The van der Waals surface area contributed by atoms with Gasteiger partial charge in [0, 0.05) is 16.0 Å². The molecular formula is C12H15BO2S. The summed E-state index contributed by atoms with van der Waals surface area (Å²) >= 11 is 1.36. The van der Waals surface area contributed by atoms with Gasteiger partial charge < -0.3 is 0 Å². The van der Waals surface area contributed by atoms with Crippen LogP contribution in [0.15, 0.2) is 0 Å². The predicted molar refractivity (Wildman–Crippen MR) is 68.3 cm³/mol. The molecule has 1 rings (SSSR count). The number of rotatable bonds is 7. The van der Waals surface area contributed by atoms with Crippen LogP contribution in [-0.2, 0) is 6.42 Å². The summed E-state index contributed by atoms with van der Waals surface area (Å²) in [6.07, 6.45) is 6.86. The highest BCUT2D eigenvalue weighted by Gasteiger charge is 2.13. The van der Waals surface area contributed by atoms with Crippen LogP contribution in [0, 0.1) is 0 Å². The smallest absolute Gasteiger partial charge is 0.151 e. The van der Waals surface area contributed by atoms with E-state index in [4.69, 9.17) is 7.85 Å². The third-order valence-electron chi connectivity index (χ3n) is 2.58. The van der Waals surface area contributed by atoms with E-state index in [-0.39, 0.29) is 0 Å².